The number of amidine groups is 1. The second-order valence-electron chi connectivity index (χ2n) is 4.28. The predicted molar refractivity (Wildman–Crippen MR) is 75.1 cm³/mol. The van der Waals surface area contributed by atoms with Crippen LogP contribution >= 0.6 is 11.3 Å². The molecule has 1 atom stereocenters. The summed E-state index contributed by atoms with van der Waals surface area (Å²) in [5, 5.41) is 4.57. The van der Waals surface area contributed by atoms with Crippen molar-refractivity contribution in [3.8, 4) is 0 Å². The van der Waals surface area contributed by atoms with Crippen LogP contribution in [-0.2, 0) is 4.74 Å². The van der Waals surface area contributed by atoms with Crippen molar-refractivity contribution in [2.45, 2.75) is 33.7 Å². The SMILES string of the molecule is CCOC(=N[C@@H](C)C(C)C)NC(=O)c1cccs1. The molecule has 0 aliphatic heterocycles. The van der Waals surface area contributed by atoms with Crippen molar-refractivity contribution < 1.29 is 9.53 Å². The highest BCUT2D eigenvalue weighted by atomic mass is 32.1. The topological polar surface area (TPSA) is 50.7 Å². The number of rotatable bonds is 4. The van der Waals surface area contributed by atoms with E-state index in [1.165, 1.54) is 11.3 Å². The minimum Gasteiger partial charge on any atom is -0.465 e. The van der Waals surface area contributed by atoms with Crippen molar-refractivity contribution in [1.82, 2.24) is 5.32 Å². The Morgan fingerprint density at radius 1 is 1.50 bits per heavy atom. The van der Waals surface area contributed by atoms with Gasteiger partial charge in [-0.1, -0.05) is 19.9 Å². The van der Waals surface area contributed by atoms with Gasteiger partial charge in [0.25, 0.3) is 11.9 Å². The number of ether oxygens (including phenoxy) is 1. The first-order chi connectivity index (χ1) is 8.54. The van der Waals surface area contributed by atoms with Gasteiger partial charge in [-0.15, -0.1) is 11.3 Å². The Morgan fingerprint density at radius 2 is 2.22 bits per heavy atom. The molecule has 0 spiro atoms. The predicted octanol–water partition coefficient (Wildman–Crippen LogP) is 2.91. The van der Waals surface area contributed by atoms with Crippen molar-refractivity contribution in [2.24, 2.45) is 10.9 Å². The van der Waals surface area contributed by atoms with Gasteiger partial charge < -0.3 is 4.74 Å². The summed E-state index contributed by atoms with van der Waals surface area (Å²) in [5.41, 5.74) is 0. The van der Waals surface area contributed by atoms with Gasteiger partial charge in [-0.05, 0) is 31.2 Å². The zero-order valence-electron chi connectivity index (χ0n) is 11.3. The number of carbonyl (C=O) groups excluding carboxylic acids is 1. The van der Waals surface area contributed by atoms with Crippen molar-refractivity contribution in [3.63, 3.8) is 0 Å². The van der Waals surface area contributed by atoms with Gasteiger partial charge in [-0.3, -0.25) is 10.1 Å². The molecule has 0 saturated heterocycles. The molecule has 100 valence electrons. The normalized spacial score (nSPS) is 13.5. The third kappa shape index (κ3) is 4.49. The zero-order valence-corrected chi connectivity index (χ0v) is 12.1. The smallest absolute Gasteiger partial charge is 0.291 e. The van der Waals surface area contributed by atoms with Crippen LogP contribution in [0.15, 0.2) is 22.5 Å². The van der Waals surface area contributed by atoms with Gasteiger partial charge in [0, 0.05) is 0 Å². The average molecular weight is 268 g/mol. The molecular formula is C13H20N2O2S. The Bertz CT molecular complexity index is 399. The van der Waals surface area contributed by atoms with E-state index < -0.39 is 0 Å². The maximum Gasteiger partial charge on any atom is 0.291 e. The lowest BCUT2D eigenvalue weighted by Crippen LogP contribution is -2.33. The monoisotopic (exact) mass is 268 g/mol. The Labute approximate surface area is 112 Å². The molecule has 1 aromatic rings. The maximum absolute atomic E-state index is 11.9. The molecule has 1 N–H and O–H groups in total. The molecule has 1 heterocycles. The highest BCUT2D eigenvalue weighted by Crippen LogP contribution is 2.09. The Morgan fingerprint density at radius 3 is 2.72 bits per heavy atom. The molecule has 4 nitrogen and oxygen atoms in total. The van der Waals surface area contributed by atoms with Crippen LogP contribution < -0.4 is 5.32 Å². The van der Waals surface area contributed by atoms with Gasteiger partial charge in [0.15, 0.2) is 0 Å². The van der Waals surface area contributed by atoms with Crippen LogP contribution in [0.4, 0.5) is 0 Å². The molecule has 0 saturated carbocycles. The lowest BCUT2D eigenvalue weighted by atomic mass is 10.1. The van der Waals surface area contributed by atoms with Crippen molar-refractivity contribution >= 4 is 23.3 Å². The zero-order chi connectivity index (χ0) is 13.5. The first-order valence-corrected chi connectivity index (χ1v) is 6.98. The fourth-order valence-electron chi connectivity index (χ4n) is 1.14. The summed E-state index contributed by atoms with van der Waals surface area (Å²) >= 11 is 1.39. The average Bonchev–Trinajstić information content (AvgIpc) is 2.82. The minimum absolute atomic E-state index is 0.107. The van der Waals surface area contributed by atoms with E-state index in [1.807, 2.05) is 25.3 Å². The Balaban J connectivity index is 2.71. The number of aliphatic imine (C=N–C) groups is 1. The summed E-state index contributed by atoms with van der Waals surface area (Å²) in [6.45, 7) is 8.51. The summed E-state index contributed by atoms with van der Waals surface area (Å²) in [4.78, 5) is 16.9. The van der Waals surface area contributed by atoms with Crippen LogP contribution in [0.25, 0.3) is 0 Å². The molecule has 0 bridgehead atoms. The molecule has 5 heteroatoms. The summed E-state index contributed by atoms with van der Waals surface area (Å²) in [6.07, 6.45) is 0. The molecule has 0 radical (unpaired) electrons. The fourth-order valence-corrected chi connectivity index (χ4v) is 1.76. The van der Waals surface area contributed by atoms with Crippen LogP contribution in [-0.4, -0.2) is 24.6 Å². The van der Waals surface area contributed by atoms with Crippen molar-refractivity contribution in [1.29, 1.82) is 0 Å². The second kappa shape index (κ2) is 7.16. The van der Waals surface area contributed by atoms with Crippen molar-refractivity contribution in [2.75, 3.05) is 6.61 Å². The molecule has 0 aromatic carbocycles. The number of carbonyl (C=O) groups is 1. The minimum atomic E-state index is -0.173. The van der Waals surface area contributed by atoms with E-state index in [1.54, 1.807) is 6.07 Å². The van der Waals surface area contributed by atoms with E-state index in [-0.39, 0.29) is 11.9 Å². The van der Waals surface area contributed by atoms with Gasteiger partial charge >= 0.3 is 0 Å². The first kappa shape index (κ1) is 14.7. The van der Waals surface area contributed by atoms with E-state index in [0.29, 0.717) is 23.4 Å². The molecular weight excluding hydrogens is 248 g/mol. The summed E-state index contributed by atoms with van der Waals surface area (Å²) in [6, 6.07) is 4.02. The van der Waals surface area contributed by atoms with E-state index in [2.05, 4.69) is 24.2 Å². The molecule has 18 heavy (non-hydrogen) atoms. The number of hydrogen-bond acceptors (Lipinski definition) is 4. The molecule has 0 unspecified atom stereocenters. The van der Waals surface area contributed by atoms with Gasteiger partial charge in [-0.2, -0.15) is 0 Å². The van der Waals surface area contributed by atoms with Gasteiger partial charge in [0.2, 0.25) is 0 Å². The summed E-state index contributed by atoms with van der Waals surface area (Å²) < 4.78 is 5.35. The number of amides is 1. The van der Waals surface area contributed by atoms with Crippen molar-refractivity contribution in [3.05, 3.63) is 22.4 Å². The molecule has 1 rings (SSSR count). The Kier molecular flexibility index (Phi) is 5.85. The second-order valence-corrected chi connectivity index (χ2v) is 5.23. The van der Waals surface area contributed by atoms with Crippen LogP contribution in [0.5, 0.6) is 0 Å². The lowest BCUT2D eigenvalue weighted by molar-refractivity contribution is 0.0970. The third-order valence-corrected chi connectivity index (χ3v) is 3.40. The molecule has 1 amide bonds. The lowest BCUT2D eigenvalue weighted by Gasteiger charge is -2.14. The van der Waals surface area contributed by atoms with Crippen LogP contribution in [0.1, 0.15) is 37.4 Å². The maximum atomic E-state index is 11.9. The molecule has 0 fully saturated rings. The standard InChI is InChI=1S/C13H20N2O2S/c1-5-17-13(14-10(4)9(2)3)15-12(16)11-7-6-8-18-11/h6-10H,5H2,1-4H3,(H,14,15,16)/t10-/m0/s1. The quantitative estimate of drug-likeness (QED) is 0.674. The highest BCUT2D eigenvalue weighted by molar-refractivity contribution is 7.12. The van der Waals surface area contributed by atoms with Crippen LogP contribution in [0.3, 0.4) is 0 Å². The first-order valence-electron chi connectivity index (χ1n) is 6.10. The summed E-state index contributed by atoms with van der Waals surface area (Å²) in [7, 11) is 0. The number of hydrogen-bond donors (Lipinski definition) is 1. The van der Waals surface area contributed by atoms with E-state index >= 15 is 0 Å². The van der Waals surface area contributed by atoms with E-state index in [9.17, 15) is 4.79 Å². The van der Waals surface area contributed by atoms with Gasteiger partial charge in [0.05, 0.1) is 17.5 Å². The Hall–Kier alpha value is -1.36. The molecule has 1 aromatic heterocycles. The van der Waals surface area contributed by atoms with E-state index in [0.717, 1.165) is 0 Å². The third-order valence-electron chi connectivity index (χ3n) is 2.53. The number of thiophene rings is 1. The largest absolute Gasteiger partial charge is 0.465 e. The summed E-state index contributed by atoms with van der Waals surface area (Å²) in [5.74, 6) is 0.229. The number of nitrogens with one attached hydrogen (secondary N) is 1. The van der Waals surface area contributed by atoms with Crippen LogP contribution in [0, 0.1) is 5.92 Å². The molecule has 0 aliphatic carbocycles. The molecule has 0 aliphatic rings. The van der Waals surface area contributed by atoms with Gasteiger partial charge in [0.1, 0.15) is 0 Å². The van der Waals surface area contributed by atoms with E-state index in [4.69, 9.17) is 4.74 Å². The number of nitrogens with zero attached hydrogens (tertiary/aromatic N) is 1. The van der Waals surface area contributed by atoms with Gasteiger partial charge in [-0.25, -0.2) is 4.99 Å². The highest BCUT2D eigenvalue weighted by Gasteiger charge is 2.13. The van der Waals surface area contributed by atoms with Crippen LogP contribution in [0.2, 0.25) is 0 Å². The fraction of sp³-hybridized carbons (Fsp3) is 0.538.